The van der Waals surface area contributed by atoms with E-state index >= 15 is 0 Å². The molecule has 5 heteroatoms. The van der Waals surface area contributed by atoms with Gasteiger partial charge in [-0.2, -0.15) is 0 Å². The van der Waals surface area contributed by atoms with Crippen LogP contribution < -0.4 is 10.1 Å². The van der Waals surface area contributed by atoms with Gasteiger partial charge >= 0.3 is 0 Å². The largest absolute Gasteiger partial charge is 0.490 e. The van der Waals surface area contributed by atoms with Crippen LogP contribution in [0.5, 0.6) is 5.75 Å². The minimum Gasteiger partial charge on any atom is -0.490 e. The summed E-state index contributed by atoms with van der Waals surface area (Å²) in [4.78, 5) is 39.9. The summed E-state index contributed by atoms with van der Waals surface area (Å²) >= 11 is 0. The van der Waals surface area contributed by atoms with Gasteiger partial charge in [-0.3, -0.25) is 19.7 Å². The Hall–Kier alpha value is -2.69. The molecule has 3 fully saturated rings. The molecule has 10 unspecified atom stereocenters. The quantitative estimate of drug-likeness (QED) is 0.406. The minimum absolute atomic E-state index is 0.0194. The van der Waals surface area contributed by atoms with Crippen LogP contribution in [-0.2, 0) is 20.8 Å². The first-order chi connectivity index (χ1) is 16.0. The number of imide groups is 1. The lowest BCUT2D eigenvalue weighted by atomic mass is 9.64. The fourth-order valence-electron chi connectivity index (χ4n) is 7.69. The molecule has 172 valence electrons. The average Bonchev–Trinajstić information content (AvgIpc) is 3.25. The molecule has 1 saturated heterocycles. The molecule has 6 aliphatic rings. The van der Waals surface area contributed by atoms with E-state index in [0.29, 0.717) is 24.2 Å². The topological polar surface area (TPSA) is 72.5 Å². The minimum atomic E-state index is -0.946. The van der Waals surface area contributed by atoms with Gasteiger partial charge in [-0.25, -0.2) is 0 Å². The smallest absolute Gasteiger partial charge is 0.237 e. The number of carbonyl (C=O) groups excluding carboxylic acids is 3. The van der Waals surface area contributed by atoms with Crippen molar-refractivity contribution in [3.8, 4) is 5.75 Å². The van der Waals surface area contributed by atoms with E-state index in [2.05, 4.69) is 31.0 Å². The summed E-state index contributed by atoms with van der Waals surface area (Å²) in [6.45, 7) is 6.35. The Morgan fingerprint density at radius 1 is 1.03 bits per heavy atom. The van der Waals surface area contributed by atoms with E-state index in [4.69, 9.17) is 4.74 Å². The predicted molar refractivity (Wildman–Crippen MR) is 123 cm³/mol. The molecule has 1 N–H and O–H groups in total. The van der Waals surface area contributed by atoms with Crippen LogP contribution in [-0.4, -0.2) is 23.7 Å². The highest BCUT2D eigenvalue weighted by Crippen LogP contribution is 2.58. The summed E-state index contributed by atoms with van der Waals surface area (Å²) in [7, 11) is 0. The number of hydrogen-bond acceptors (Lipinski definition) is 4. The molecular formula is C28H31NO4. The Labute approximate surface area is 194 Å². The van der Waals surface area contributed by atoms with Gasteiger partial charge in [-0.05, 0) is 60.6 Å². The van der Waals surface area contributed by atoms with Crippen LogP contribution in [0.4, 0.5) is 0 Å². The Morgan fingerprint density at radius 3 is 2.58 bits per heavy atom. The highest BCUT2D eigenvalue weighted by Gasteiger charge is 2.60. The molecule has 7 rings (SSSR count). The number of ketones is 1. The zero-order valence-electron chi connectivity index (χ0n) is 19.0. The summed E-state index contributed by atoms with van der Waals surface area (Å²) in [5, 5.41) is 2.46. The van der Waals surface area contributed by atoms with E-state index in [9.17, 15) is 14.4 Å². The second kappa shape index (κ2) is 7.68. The van der Waals surface area contributed by atoms with Crippen LogP contribution >= 0.6 is 0 Å². The number of Topliss-reactive ketones (excluding diaryl/α,β-unsaturated/α-hetero) is 1. The van der Waals surface area contributed by atoms with Crippen molar-refractivity contribution in [2.45, 2.75) is 38.7 Å². The number of benzene rings is 1. The standard InChI is InChI=1S/C28H31NO4/c1-3-16-7-11-18-20-12-14(2)4-10-19(20)26-23(18)22(16)25(30)24-21(27(31)29-28(24)32)13-15-5-8-17(33-26)9-6-15/h3,5-9,11,14,16,18-24,26H,1,4,10,12-13H2,2H3,(H,29,31,32). The molecular weight excluding hydrogens is 414 g/mol. The highest BCUT2D eigenvalue weighted by atomic mass is 16.5. The molecule has 3 heterocycles. The highest BCUT2D eigenvalue weighted by molar-refractivity contribution is 6.16. The van der Waals surface area contributed by atoms with Crippen molar-refractivity contribution in [3.63, 3.8) is 0 Å². The molecule has 10 atom stereocenters. The maximum atomic E-state index is 14.2. The second-order valence-corrected chi connectivity index (χ2v) is 10.9. The monoisotopic (exact) mass is 445 g/mol. The van der Waals surface area contributed by atoms with Crippen molar-refractivity contribution in [2.24, 2.45) is 53.3 Å². The van der Waals surface area contributed by atoms with Crippen molar-refractivity contribution in [1.29, 1.82) is 0 Å². The van der Waals surface area contributed by atoms with E-state index in [0.717, 1.165) is 24.2 Å². The van der Waals surface area contributed by atoms with E-state index in [1.54, 1.807) is 0 Å². The molecule has 0 spiro atoms. The van der Waals surface area contributed by atoms with E-state index in [1.165, 1.54) is 6.42 Å². The molecule has 2 amide bonds. The zero-order valence-corrected chi connectivity index (χ0v) is 19.0. The van der Waals surface area contributed by atoms with E-state index < -0.39 is 23.7 Å². The summed E-state index contributed by atoms with van der Waals surface area (Å²) in [6, 6.07) is 7.89. The molecule has 33 heavy (non-hydrogen) atoms. The first-order valence-electron chi connectivity index (χ1n) is 12.4. The Balaban J connectivity index is 1.51. The average molecular weight is 446 g/mol. The molecule has 2 bridgehead atoms. The fraction of sp³-hybridized carbons (Fsp3) is 0.536. The van der Waals surface area contributed by atoms with Crippen LogP contribution in [0.2, 0.25) is 0 Å². The zero-order chi connectivity index (χ0) is 22.9. The van der Waals surface area contributed by atoms with Crippen molar-refractivity contribution < 1.29 is 19.1 Å². The van der Waals surface area contributed by atoms with Crippen molar-refractivity contribution in [3.05, 3.63) is 54.6 Å². The number of ether oxygens (including phenoxy) is 1. The lowest BCUT2D eigenvalue weighted by molar-refractivity contribution is -0.139. The lowest BCUT2D eigenvalue weighted by Gasteiger charge is -2.39. The number of fused-ring (bicyclic) bond motifs is 4. The summed E-state index contributed by atoms with van der Waals surface area (Å²) in [5.41, 5.74) is 0.935. The summed E-state index contributed by atoms with van der Waals surface area (Å²) in [6.07, 6.45) is 9.95. The molecule has 0 aromatic heterocycles. The molecule has 1 aromatic rings. The Kier molecular flexibility index (Phi) is 4.86. The Morgan fingerprint density at radius 2 is 1.82 bits per heavy atom. The third-order valence-corrected chi connectivity index (χ3v) is 9.17. The first kappa shape index (κ1) is 20.9. The molecule has 3 aliphatic heterocycles. The molecule has 0 radical (unpaired) electrons. The number of nitrogens with one attached hydrogen (secondary N) is 1. The van der Waals surface area contributed by atoms with Gasteiger partial charge in [0.05, 0.1) is 5.92 Å². The van der Waals surface area contributed by atoms with E-state index in [-0.39, 0.29) is 35.5 Å². The summed E-state index contributed by atoms with van der Waals surface area (Å²) in [5.74, 6) is -0.483. The molecule has 3 aliphatic carbocycles. The Bertz CT molecular complexity index is 1040. The second-order valence-electron chi connectivity index (χ2n) is 10.9. The van der Waals surface area contributed by atoms with Gasteiger partial charge in [0, 0.05) is 17.8 Å². The predicted octanol–water partition coefficient (Wildman–Crippen LogP) is 3.73. The normalized spacial score (nSPS) is 43.5. The number of amides is 2. The number of hydrogen-bond donors (Lipinski definition) is 1. The molecule has 5 nitrogen and oxygen atoms in total. The van der Waals surface area contributed by atoms with Crippen LogP contribution in [0.25, 0.3) is 0 Å². The van der Waals surface area contributed by atoms with Crippen LogP contribution in [0.3, 0.4) is 0 Å². The van der Waals surface area contributed by atoms with E-state index in [1.807, 2.05) is 30.3 Å². The van der Waals surface area contributed by atoms with Gasteiger partial charge in [0.15, 0.2) is 5.78 Å². The first-order valence-corrected chi connectivity index (χ1v) is 12.4. The summed E-state index contributed by atoms with van der Waals surface area (Å²) < 4.78 is 6.72. The maximum Gasteiger partial charge on any atom is 0.237 e. The van der Waals surface area contributed by atoms with Crippen LogP contribution in [0.1, 0.15) is 31.7 Å². The number of allylic oxidation sites excluding steroid dienone is 3. The van der Waals surface area contributed by atoms with Gasteiger partial charge in [-0.15, -0.1) is 6.58 Å². The van der Waals surface area contributed by atoms with Gasteiger partial charge in [0.2, 0.25) is 11.8 Å². The third kappa shape index (κ3) is 3.15. The van der Waals surface area contributed by atoms with Crippen molar-refractivity contribution >= 4 is 17.6 Å². The molecule has 2 saturated carbocycles. The van der Waals surface area contributed by atoms with Gasteiger partial charge in [-0.1, -0.05) is 43.7 Å². The number of carbonyl (C=O) groups is 3. The number of rotatable bonds is 1. The van der Waals surface area contributed by atoms with Gasteiger partial charge in [0.1, 0.15) is 17.8 Å². The lowest BCUT2D eigenvalue weighted by Crippen LogP contribution is -2.46. The van der Waals surface area contributed by atoms with Gasteiger partial charge < -0.3 is 4.74 Å². The third-order valence-electron chi connectivity index (χ3n) is 9.17. The van der Waals surface area contributed by atoms with Crippen LogP contribution in [0.15, 0.2) is 49.1 Å². The molecule has 1 aromatic carbocycles. The van der Waals surface area contributed by atoms with Gasteiger partial charge in [0.25, 0.3) is 0 Å². The maximum absolute atomic E-state index is 14.2. The fourth-order valence-corrected chi connectivity index (χ4v) is 7.69. The van der Waals surface area contributed by atoms with Crippen molar-refractivity contribution in [1.82, 2.24) is 5.32 Å². The van der Waals surface area contributed by atoms with Crippen LogP contribution in [0, 0.1) is 53.3 Å². The SMILES string of the molecule is C=CC1C=CC2C3CC(C)CCC3C3Oc4ccc(cc4)CC4C(=O)NC(=O)C4C(=O)C1C23. The van der Waals surface area contributed by atoms with Crippen molar-refractivity contribution in [2.75, 3.05) is 0 Å².